The van der Waals surface area contributed by atoms with Crippen molar-refractivity contribution in [2.24, 2.45) is 0 Å². The maximum atomic E-state index is 13.0. The van der Waals surface area contributed by atoms with Crippen molar-refractivity contribution in [1.82, 2.24) is 4.90 Å². The average molecular weight is 298 g/mol. The minimum atomic E-state index is -3.55. The minimum Gasteiger partial charge on any atom is -0.395 e. The molecule has 0 saturated carbocycles. The highest BCUT2D eigenvalue weighted by Gasteiger charge is 2.43. The molecule has 2 aliphatic rings. The summed E-state index contributed by atoms with van der Waals surface area (Å²) >= 11 is 0. The predicted octanol–water partition coefficient (Wildman–Crippen LogP) is 3.29. The van der Waals surface area contributed by atoms with Gasteiger partial charge in [0, 0.05) is 30.9 Å². The van der Waals surface area contributed by atoms with Gasteiger partial charge >= 0.3 is 6.29 Å². The third kappa shape index (κ3) is 3.37. The van der Waals surface area contributed by atoms with E-state index in [2.05, 4.69) is 26.6 Å². The molecule has 0 atom stereocenters. The highest BCUT2D eigenvalue weighted by Crippen LogP contribution is 2.42. The van der Waals surface area contributed by atoms with Crippen LogP contribution in [0.3, 0.4) is 0 Å². The lowest BCUT2D eigenvalue weighted by molar-refractivity contribution is -0.286. The molecule has 3 rings (SSSR count). The number of likely N-dealkylation sites (tertiary alicyclic amines) is 1. The Bertz CT molecular complexity index is 502. The van der Waals surface area contributed by atoms with Crippen LogP contribution in [-0.2, 0) is 0 Å². The van der Waals surface area contributed by atoms with Gasteiger partial charge in [0.25, 0.3) is 0 Å². The first-order valence-electron chi connectivity index (χ1n) is 7.44. The van der Waals surface area contributed by atoms with Crippen molar-refractivity contribution >= 4 is 5.69 Å². The number of nitrogens with one attached hydrogen (secondary N) is 1. The van der Waals surface area contributed by atoms with E-state index < -0.39 is 6.29 Å². The Kier molecular flexibility index (Phi) is 3.89. The molecule has 1 N–H and O–H groups in total. The standard InChI is InChI=1S/C15H20F2N2O2/c1-2-7-19-8-5-11(6-9-19)18-12-3-4-13-14(10-12)21-15(16,17)20-13/h3-4,10-11,18H,2,5-9H2,1H3. The van der Waals surface area contributed by atoms with Gasteiger partial charge in [0.1, 0.15) is 0 Å². The molecule has 0 aliphatic carbocycles. The molecule has 6 heteroatoms. The minimum absolute atomic E-state index is 0.0864. The molecule has 1 aromatic carbocycles. The molecular formula is C15H20F2N2O2. The van der Waals surface area contributed by atoms with Gasteiger partial charge in [0.15, 0.2) is 11.5 Å². The zero-order valence-corrected chi connectivity index (χ0v) is 12.1. The Labute approximate surface area is 123 Å². The highest BCUT2D eigenvalue weighted by molar-refractivity contribution is 5.56. The first kappa shape index (κ1) is 14.4. The molecule has 2 heterocycles. The maximum Gasteiger partial charge on any atom is 0.586 e. The van der Waals surface area contributed by atoms with Crippen LogP contribution in [0.2, 0.25) is 0 Å². The zero-order valence-electron chi connectivity index (χ0n) is 12.1. The van der Waals surface area contributed by atoms with Gasteiger partial charge in [0.2, 0.25) is 0 Å². The van der Waals surface area contributed by atoms with Crippen molar-refractivity contribution in [3.8, 4) is 11.5 Å². The molecule has 0 aromatic heterocycles. The van der Waals surface area contributed by atoms with Crippen molar-refractivity contribution in [2.75, 3.05) is 25.0 Å². The van der Waals surface area contributed by atoms with Gasteiger partial charge in [-0.1, -0.05) is 6.92 Å². The summed E-state index contributed by atoms with van der Waals surface area (Å²) in [7, 11) is 0. The van der Waals surface area contributed by atoms with Crippen LogP contribution in [0.5, 0.6) is 11.5 Å². The van der Waals surface area contributed by atoms with Gasteiger partial charge in [-0.2, -0.15) is 0 Å². The van der Waals surface area contributed by atoms with Crippen LogP contribution in [0, 0.1) is 0 Å². The number of piperidine rings is 1. The molecule has 1 saturated heterocycles. The number of rotatable bonds is 4. The fraction of sp³-hybridized carbons (Fsp3) is 0.600. The number of alkyl halides is 2. The summed E-state index contributed by atoms with van der Waals surface area (Å²) in [6.07, 6.45) is -0.254. The maximum absolute atomic E-state index is 13.0. The van der Waals surface area contributed by atoms with Crippen LogP contribution in [0.25, 0.3) is 0 Å². The van der Waals surface area contributed by atoms with Gasteiger partial charge in [0.05, 0.1) is 0 Å². The number of nitrogens with zero attached hydrogens (tertiary/aromatic N) is 1. The molecular weight excluding hydrogens is 278 g/mol. The van der Waals surface area contributed by atoms with E-state index in [1.165, 1.54) is 12.5 Å². The largest absolute Gasteiger partial charge is 0.586 e. The lowest BCUT2D eigenvalue weighted by atomic mass is 10.0. The molecule has 1 fully saturated rings. The number of hydrogen-bond donors (Lipinski definition) is 1. The van der Waals surface area contributed by atoms with Gasteiger partial charge in [-0.3, -0.25) is 0 Å². The summed E-state index contributed by atoms with van der Waals surface area (Å²) in [5, 5.41) is 3.39. The van der Waals surface area contributed by atoms with Crippen LogP contribution in [0.1, 0.15) is 26.2 Å². The molecule has 0 unspecified atom stereocenters. The van der Waals surface area contributed by atoms with Gasteiger partial charge in [-0.05, 0) is 37.9 Å². The van der Waals surface area contributed by atoms with E-state index in [0.717, 1.165) is 38.2 Å². The zero-order chi connectivity index (χ0) is 14.9. The third-order valence-electron chi connectivity index (χ3n) is 3.90. The van der Waals surface area contributed by atoms with E-state index in [1.807, 2.05) is 0 Å². The lowest BCUT2D eigenvalue weighted by Crippen LogP contribution is -2.39. The Morgan fingerprint density at radius 2 is 1.95 bits per heavy atom. The first-order chi connectivity index (χ1) is 10.1. The summed E-state index contributed by atoms with van der Waals surface area (Å²) in [5.41, 5.74) is 0.795. The van der Waals surface area contributed by atoms with Crippen LogP contribution in [0.15, 0.2) is 18.2 Å². The summed E-state index contributed by atoms with van der Waals surface area (Å²) in [5.74, 6) is 0.178. The fourth-order valence-corrected chi connectivity index (χ4v) is 2.89. The van der Waals surface area contributed by atoms with Gasteiger partial charge in [-0.15, -0.1) is 8.78 Å². The van der Waals surface area contributed by atoms with Crippen LogP contribution in [-0.4, -0.2) is 36.9 Å². The van der Waals surface area contributed by atoms with E-state index in [1.54, 1.807) is 12.1 Å². The highest BCUT2D eigenvalue weighted by atomic mass is 19.3. The summed E-state index contributed by atoms with van der Waals surface area (Å²) in [6, 6.07) is 5.22. The molecule has 21 heavy (non-hydrogen) atoms. The van der Waals surface area contributed by atoms with Crippen molar-refractivity contribution in [2.45, 2.75) is 38.5 Å². The topological polar surface area (TPSA) is 33.7 Å². The van der Waals surface area contributed by atoms with Crippen molar-refractivity contribution in [1.29, 1.82) is 0 Å². The van der Waals surface area contributed by atoms with E-state index in [9.17, 15) is 8.78 Å². The number of benzene rings is 1. The normalized spacial score (nSPS) is 21.5. The Hall–Kier alpha value is -1.56. The molecule has 116 valence electrons. The van der Waals surface area contributed by atoms with Crippen LogP contribution >= 0.6 is 0 Å². The van der Waals surface area contributed by atoms with Crippen LogP contribution < -0.4 is 14.8 Å². The number of fused-ring (bicyclic) bond motifs is 1. The monoisotopic (exact) mass is 298 g/mol. The molecule has 0 radical (unpaired) electrons. The number of hydrogen-bond acceptors (Lipinski definition) is 4. The second kappa shape index (κ2) is 5.67. The SMILES string of the molecule is CCCN1CCC(Nc2ccc3c(c2)OC(F)(F)O3)CC1. The predicted molar refractivity (Wildman–Crippen MR) is 76.0 cm³/mol. The second-order valence-corrected chi connectivity index (χ2v) is 5.59. The summed E-state index contributed by atoms with van der Waals surface area (Å²) in [6.45, 7) is 5.49. The Balaban J connectivity index is 1.58. The molecule has 2 aliphatic heterocycles. The molecule has 0 spiro atoms. The first-order valence-corrected chi connectivity index (χ1v) is 7.44. The Morgan fingerprint density at radius 1 is 1.24 bits per heavy atom. The summed E-state index contributed by atoms with van der Waals surface area (Å²) in [4.78, 5) is 2.46. The van der Waals surface area contributed by atoms with Gasteiger partial charge in [-0.25, -0.2) is 0 Å². The van der Waals surface area contributed by atoms with Gasteiger partial charge < -0.3 is 19.7 Å². The molecule has 0 amide bonds. The second-order valence-electron chi connectivity index (χ2n) is 5.59. The molecule has 1 aromatic rings. The van der Waals surface area contributed by atoms with Crippen molar-refractivity contribution in [3.63, 3.8) is 0 Å². The van der Waals surface area contributed by atoms with Crippen LogP contribution in [0.4, 0.5) is 14.5 Å². The number of ether oxygens (including phenoxy) is 2. The fourth-order valence-electron chi connectivity index (χ4n) is 2.89. The van der Waals surface area contributed by atoms with E-state index in [0.29, 0.717) is 6.04 Å². The van der Waals surface area contributed by atoms with Crippen molar-refractivity contribution < 1.29 is 18.3 Å². The quantitative estimate of drug-likeness (QED) is 0.925. The smallest absolute Gasteiger partial charge is 0.395 e. The van der Waals surface area contributed by atoms with Crippen molar-refractivity contribution in [3.05, 3.63) is 18.2 Å². The Morgan fingerprint density at radius 3 is 2.67 bits per heavy atom. The average Bonchev–Trinajstić information content (AvgIpc) is 2.74. The third-order valence-corrected chi connectivity index (χ3v) is 3.90. The summed E-state index contributed by atoms with van der Waals surface area (Å²) < 4.78 is 34.8. The number of anilines is 1. The lowest BCUT2D eigenvalue weighted by Gasteiger charge is -2.32. The molecule has 0 bridgehead atoms. The molecule has 4 nitrogen and oxygen atoms in total. The van der Waals surface area contributed by atoms with E-state index in [4.69, 9.17) is 0 Å². The van der Waals surface area contributed by atoms with E-state index in [-0.39, 0.29) is 11.5 Å². The van der Waals surface area contributed by atoms with E-state index >= 15 is 0 Å². The number of halogens is 2.